The number of nitrogens with zero attached hydrogens (tertiary/aromatic N) is 2. The number of hydrogen-bond donors (Lipinski definition) is 0. The summed E-state index contributed by atoms with van der Waals surface area (Å²) in [6, 6.07) is 6.30. The molecule has 2 heterocycles. The van der Waals surface area contributed by atoms with Gasteiger partial charge in [-0.25, -0.2) is 0 Å². The number of ether oxygens (including phenoxy) is 2. The summed E-state index contributed by atoms with van der Waals surface area (Å²) in [7, 11) is 1.71. The molecule has 1 aromatic rings. The molecule has 1 unspecified atom stereocenters. The molecule has 32 heavy (non-hydrogen) atoms. The number of carbonyl (C=O) groups excluding carboxylic acids is 2. The number of unbranched alkanes of at least 4 members (excludes halogenated alkanes) is 1. The summed E-state index contributed by atoms with van der Waals surface area (Å²) in [6.45, 7) is 5.43. The maximum absolute atomic E-state index is 13.0. The van der Waals surface area contributed by atoms with Gasteiger partial charge in [-0.1, -0.05) is 32.3 Å². The zero-order valence-electron chi connectivity index (χ0n) is 19.7. The third-order valence-electron chi connectivity index (χ3n) is 7.59. The molecule has 1 saturated heterocycles. The predicted octanol–water partition coefficient (Wildman–Crippen LogP) is 4.20. The Labute approximate surface area is 192 Å². The molecule has 2 amide bonds. The first-order valence-electron chi connectivity index (χ1n) is 12.5. The SMILES string of the molecule is CCCN(CCCCN1C(=O)CC2(CCCCC2)C1=O)C1COc2cccc(OC)c2C1. The van der Waals surface area contributed by atoms with Crippen molar-refractivity contribution in [3.63, 3.8) is 0 Å². The van der Waals surface area contributed by atoms with Gasteiger partial charge in [-0.2, -0.15) is 0 Å². The number of benzene rings is 1. The summed E-state index contributed by atoms with van der Waals surface area (Å²) in [5.74, 6) is 1.98. The highest BCUT2D eigenvalue weighted by Crippen LogP contribution is 2.45. The van der Waals surface area contributed by atoms with E-state index >= 15 is 0 Å². The summed E-state index contributed by atoms with van der Waals surface area (Å²) >= 11 is 0. The van der Waals surface area contributed by atoms with Gasteiger partial charge in [0.2, 0.25) is 11.8 Å². The van der Waals surface area contributed by atoms with Gasteiger partial charge >= 0.3 is 0 Å². The minimum absolute atomic E-state index is 0.0479. The van der Waals surface area contributed by atoms with Crippen molar-refractivity contribution in [3.05, 3.63) is 23.8 Å². The van der Waals surface area contributed by atoms with Gasteiger partial charge in [0.05, 0.1) is 12.5 Å². The third-order valence-corrected chi connectivity index (χ3v) is 7.59. The molecule has 0 aromatic heterocycles. The van der Waals surface area contributed by atoms with E-state index in [0.29, 0.717) is 25.6 Å². The van der Waals surface area contributed by atoms with Crippen LogP contribution in [0, 0.1) is 5.41 Å². The van der Waals surface area contributed by atoms with E-state index in [0.717, 1.165) is 81.5 Å². The van der Waals surface area contributed by atoms with Crippen LogP contribution in [0.3, 0.4) is 0 Å². The fraction of sp³-hybridized carbons (Fsp3) is 0.692. The molecule has 0 radical (unpaired) electrons. The number of carbonyl (C=O) groups is 2. The maximum Gasteiger partial charge on any atom is 0.235 e. The van der Waals surface area contributed by atoms with E-state index in [1.54, 1.807) is 12.0 Å². The second-order valence-corrected chi connectivity index (χ2v) is 9.72. The first-order chi connectivity index (χ1) is 15.6. The van der Waals surface area contributed by atoms with Gasteiger partial charge in [0, 0.05) is 24.6 Å². The molecule has 2 aliphatic heterocycles. The van der Waals surface area contributed by atoms with Crippen molar-refractivity contribution >= 4 is 11.8 Å². The average molecular weight is 443 g/mol. The standard InChI is InChI=1S/C26H38N2O4/c1-3-14-27(20-17-21-22(31-2)10-9-11-23(21)32-19-20)15-7-8-16-28-24(29)18-26(25(28)30)12-5-4-6-13-26/h9-11,20H,3-8,12-19H2,1-2H3. The van der Waals surface area contributed by atoms with Crippen LogP contribution in [-0.4, -0.2) is 61.0 Å². The number of imide groups is 1. The number of amides is 2. The Morgan fingerprint density at radius 2 is 1.97 bits per heavy atom. The van der Waals surface area contributed by atoms with Gasteiger partial charge in [0.1, 0.15) is 18.1 Å². The van der Waals surface area contributed by atoms with E-state index in [1.807, 2.05) is 18.2 Å². The van der Waals surface area contributed by atoms with Gasteiger partial charge in [-0.3, -0.25) is 19.4 Å². The minimum Gasteiger partial charge on any atom is -0.496 e. The Kier molecular flexibility index (Phi) is 7.39. The van der Waals surface area contributed by atoms with Gasteiger partial charge in [0.15, 0.2) is 0 Å². The van der Waals surface area contributed by atoms with Gasteiger partial charge in [-0.15, -0.1) is 0 Å². The highest BCUT2D eigenvalue weighted by Gasteiger charge is 2.51. The van der Waals surface area contributed by atoms with Crippen molar-refractivity contribution in [1.82, 2.24) is 9.80 Å². The predicted molar refractivity (Wildman–Crippen MR) is 124 cm³/mol. The van der Waals surface area contributed by atoms with Crippen LogP contribution in [-0.2, 0) is 16.0 Å². The largest absolute Gasteiger partial charge is 0.496 e. The van der Waals surface area contributed by atoms with Crippen molar-refractivity contribution in [1.29, 1.82) is 0 Å². The topological polar surface area (TPSA) is 59.1 Å². The number of fused-ring (bicyclic) bond motifs is 1. The van der Waals surface area contributed by atoms with Crippen LogP contribution in [0.15, 0.2) is 18.2 Å². The van der Waals surface area contributed by atoms with Gasteiger partial charge in [-0.05, 0) is 63.7 Å². The van der Waals surface area contributed by atoms with E-state index < -0.39 is 0 Å². The van der Waals surface area contributed by atoms with Crippen molar-refractivity contribution in [2.45, 2.75) is 77.2 Å². The lowest BCUT2D eigenvalue weighted by atomic mass is 9.73. The Morgan fingerprint density at radius 1 is 1.16 bits per heavy atom. The molecule has 6 heteroatoms. The van der Waals surface area contributed by atoms with Crippen molar-refractivity contribution < 1.29 is 19.1 Å². The first-order valence-corrected chi connectivity index (χ1v) is 12.5. The molecular formula is C26H38N2O4. The molecule has 176 valence electrons. The molecule has 0 N–H and O–H groups in total. The Morgan fingerprint density at radius 3 is 2.72 bits per heavy atom. The fourth-order valence-corrected chi connectivity index (χ4v) is 5.84. The fourth-order valence-electron chi connectivity index (χ4n) is 5.84. The lowest BCUT2D eigenvalue weighted by Crippen LogP contribution is -2.44. The molecule has 4 rings (SSSR count). The highest BCUT2D eigenvalue weighted by atomic mass is 16.5. The van der Waals surface area contributed by atoms with Crippen LogP contribution in [0.2, 0.25) is 0 Å². The number of rotatable bonds is 9. The van der Waals surface area contributed by atoms with Crippen LogP contribution in [0.25, 0.3) is 0 Å². The minimum atomic E-state index is -0.366. The molecule has 1 atom stereocenters. The Bertz CT molecular complexity index is 804. The number of methoxy groups -OCH3 is 1. The monoisotopic (exact) mass is 442 g/mol. The lowest BCUT2D eigenvalue weighted by molar-refractivity contribution is -0.142. The summed E-state index contributed by atoms with van der Waals surface area (Å²) < 4.78 is 11.6. The number of likely N-dealkylation sites (tertiary alicyclic amines) is 1. The van der Waals surface area contributed by atoms with E-state index in [9.17, 15) is 9.59 Å². The van der Waals surface area contributed by atoms with E-state index in [2.05, 4.69) is 11.8 Å². The molecular weight excluding hydrogens is 404 g/mol. The highest BCUT2D eigenvalue weighted by molar-refractivity contribution is 6.05. The third kappa shape index (κ3) is 4.66. The Hall–Kier alpha value is -2.08. The zero-order chi connectivity index (χ0) is 22.6. The van der Waals surface area contributed by atoms with Crippen LogP contribution in [0.5, 0.6) is 11.5 Å². The normalized spacial score (nSPS) is 22.3. The molecule has 6 nitrogen and oxygen atoms in total. The quantitative estimate of drug-likeness (QED) is 0.424. The number of hydrogen-bond acceptors (Lipinski definition) is 5. The van der Waals surface area contributed by atoms with Crippen molar-refractivity contribution in [2.75, 3.05) is 33.4 Å². The molecule has 0 bridgehead atoms. The zero-order valence-corrected chi connectivity index (χ0v) is 19.7. The molecule has 1 aromatic carbocycles. The van der Waals surface area contributed by atoms with Gasteiger partial charge < -0.3 is 9.47 Å². The second kappa shape index (κ2) is 10.2. The van der Waals surface area contributed by atoms with Gasteiger partial charge in [0.25, 0.3) is 0 Å². The molecule has 1 aliphatic carbocycles. The summed E-state index contributed by atoms with van der Waals surface area (Å²) in [6.07, 6.45) is 9.42. The molecule has 1 saturated carbocycles. The van der Waals surface area contributed by atoms with Crippen molar-refractivity contribution in [3.8, 4) is 11.5 Å². The summed E-state index contributed by atoms with van der Waals surface area (Å²) in [4.78, 5) is 29.7. The maximum atomic E-state index is 13.0. The van der Waals surface area contributed by atoms with Crippen LogP contribution in [0.1, 0.15) is 70.3 Å². The molecule has 3 aliphatic rings. The van der Waals surface area contributed by atoms with Crippen LogP contribution >= 0.6 is 0 Å². The average Bonchev–Trinajstić information content (AvgIpc) is 3.04. The van der Waals surface area contributed by atoms with E-state index in [1.165, 1.54) is 6.42 Å². The Balaban J connectivity index is 1.30. The van der Waals surface area contributed by atoms with Crippen LogP contribution in [0.4, 0.5) is 0 Å². The first kappa shape index (κ1) is 23.1. The molecule has 1 spiro atoms. The lowest BCUT2D eigenvalue weighted by Gasteiger charge is -2.35. The summed E-state index contributed by atoms with van der Waals surface area (Å²) in [5, 5.41) is 0. The smallest absolute Gasteiger partial charge is 0.235 e. The van der Waals surface area contributed by atoms with E-state index in [4.69, 9.17) is 9.47 Å². The summed E-state index contributed by atoms with van der Waals surface area (Å²) in [5.41, 5.74) is 0.786. The van der Waals surface area contributed by atoms with E-state index in [-0.39, 0.29) is 17.2 Å². The molecule has 2 fully saturated rings. The van der Waals surface area contributed by atoms with Crippen molar-refractivity contribution in [2.24, 2.45) is 5.41 Å². The second-order valence-electron chi connectivity index (χ2n) is 9.72. The van der Waals surface area contributed by atoms with Crippen LogP contribution < -0.4 is 9.47 Å².